The first kappa shape index (κ1) is 75.2. The molecular formula is C71H116NO8+. The van der Waals surface area contributed by atoms with Gasteiger partial charge in [-0.1, -0.05) is 237 Å². The van der Waals surface area contributed by atoms with Crippen LogP contribution in [0.2, 0.25) is 0 Å². The number of ether oxygens (including phenoxy) is 4. The molecule has 0 rings (SSSR count). The van der Waals surface area contributed by atoms with E-state index < -0.39 is 24.3 Å². The molecule has 80 heavy (non-hydrogen) atoms. The van der Waals surface area contributed by atoms with E-state index in [2.05, 4.69) is 160 Å². The Bertz CT molecular complexity index is 1820. The number of likely N-dealkylation sites (N-methyl/N-ethyl adjacent to an activating group) is 1. The quantitative estimate of drug-likeness (QED) is 0.0211. The van der Waals surface area contributed by atoms with Gasteiger partial charge in [0.15, 0.2) is 6.10 Å². The predicted molar refractivity (Wildman–Crippen MR) is 340 cm³/mol. The molecule has 0 saturated heterocycles. The van der Waals surface area contributed by atoms with Crippen LogP contribution < -0.4 is 0 Å². The maximum absolute atomic E-state index is 12.9. The van der Waals surface area contributed by atoms with E-state index in [-0.39, 0.29) is 38.6 Å². The first-order valence-electron chi connectivity index (χ1n) is 31.5. The Hall–Kier alpha value is -4.83. The SMILES string of the molecule is CC/C=C\C/C=C\C/C=C\C/C=C\C/C=C\C/C=C\C/C=C\C/C=C\C/C=C\C/C=C\CCCCCCCCCCC(=O)OC(COC(=O)CCCCCCC/C=C\C/C=C\CCCCCC)COC(OCC[N+](C)(C)C)C(=O)O. The summed E-state index contributed by atoms with van der Waals surface area (Å²) < 4.78 is 22.9. The van der Waals surface area contributed by atoms with E-state index in [0.717, 1.165) is 135 Å². The van der Waals surface area contributed by atoms with E-state index in [0.29, 0.717) is 17.4 Å². The summed E-state index contributed by atoms with van der Waals surface area (Å²) in [5.41, 5.74) is 0. The molecule has 0 aliphatic rings. The van der Waals surface area contributed by atoms with Gasteiger partial charge >= 0.3 is 17.9 Å². The molecule has 0 bridgehead atoms. The topological polar surface area (TPSA) is 108 Å². The maximum atomic E-state index is 12.9. The fraction of sp³-hybridized carbons (Fsp3) is 0.620. The molecule has 2 unspecified atom stereocenters. The number of esters is 2. The molecule has 2 atom stereocenters. The molecule has 0 saturated carbocycles. The van der Waals surface area contributed by atoms with Crippen molar-refractivity contribution >= 4 is 17.9 Å². The van der Waals surface area contributed by atoms with Crippen molar-refractivity contribution in [3.63, 3.8) is 0 Å². The van der Waals surface area contributed by atoms with E-state index in [1.165, 1.54) is 57.8 Å². The molecule has 0 heterocycles. The van der Waals surface area contributed by atoms with Gasteiger partial charge in [-0.2, -0.15) is 0 Å². The molecule has 0 aliphatic heterocycles. The molecule has 0 spiro atoms. The predicted octanol–water partition coefficient (Wildman–Crippen LogP) is 19.2. The smallest absolute Gasteiger partial charge is 0.361 e. The first-order chi connectivity index (χ1) is 39.1. The summed E-state index contributed by atoms with van der Waals surface area (Å²) >= 11 is 0. The molecule has 0 aromatic rings. The van der Waals surface area contributed by atoms with Crippen LogP contribution in [-0.2, 0) is 33.3 Å². The third-order valence-electron chi connectivity index (χ3n) is 12.8. The van der Waals surface area contributed by atoms with Crippen LogP contribution in [0, 0.1) is 0 Å². The molecule has 0 amide bonds. The fourth-order valence-electron chi connectivity index (χ4n) is 8.01. The van der Waals surface area contributed by atoms with Crippen molar-refractivity contribution in [2.75, 3.05) is 47.5 Å². The van der Waals surface area contributed by atoms with Crippen molar-refractivity contribution in [1.82, 2.24) is 0 Å². The molecule has 0 aromatic carbocycles. The van der Waals surface area contributed by atoms with E-state index in [1.54, 1.807) is 0 Å². The van der Waals surface area contributed by atoms with Gasteiger partial charge in [0.2, 0.25) is 0 Å². The van der Waals surface area contributed by atoms with Crippen LogP contribution in [0.3, 0.4) is 0 Å². The van der Waals surface area contributed by atoms with Crippen molar-refractivity contribution in [2.24, 2.45) is 0 Å². The Kier molecular flexibility index (Phi) is 56.6. The van der Waals surface area contributed by atoms with Crippen LogP contribution in [-0.4, -0.2) is 87.4 Å². The lowest BCUT2D eigenvalue weighted by Gasteiger charge is -2.25. The summed E-state index contributed by atoms with van der Waals surface area (Å²) in [4.78, 5) is 37.4. The minimum Gasteiger partial charge on any atom is -0.477 e. The third kappa shape index (κ3) is 60.8. The van der Waals surface area contributed by atoms with Gasteiger partial charge in [-0.3, -0.25) is 9.59 Å². The lowest BCUT2D eigenvalue weighted by Crippen LogP contribution is -2.40. The number of allylic oxidation sites excluding steroid dienone is 24. The van der Waals surface area contributed by atoms with E-state index in [9.17, 15) is 19.5 Å². The minimum absolute atomic E-state index is 0.176. The number of carboxylic acids is 1. The van der Waals surface area contributed by atoms with Gasteiger partial charge in [-0.15, -0.1) is 0 Å². The van der Waals surface area contributed by atoms with Crippen molar-refractivity contribution in [3.8, 4) is 0 Å². The van der Waals surface area contributed by atoms with E-state index in [4.69, 9.17) is 18.9 Å². The summed E-state index contributed by atoms with van der Waals surface area (Å²) in [5.74, 6) is -2.05. The summed E-state index contributed by atoms with van der Waals surface area (Å²) in [6.07, 6.45) is 85.1. The summed E-state index contributed by atoms with van der Waals surface area (Å²) in [5, 5.41) is 9.71. The average molecular weight is 1110 g/mol. The minimum atomic E-state index is -1.52. The monoisotopic (exact) mass is 1110 g/mol. The lowest BCUT2D eigenvalue weighted by molar-refractivity contribution is -0.870. The number of carboxylic acid groups (broad SMARTS) is 1. The lowest BCUT2D eigenvalue weighted by atomic mass is 10.1. The van der Waals surface area contributed by atoms with Gasteiger partial charge in [0, 0.05) is 12.8 Å². The van der Waals surface area contributed by atoms with Crippen LogP contribution in [0.4, 0.5) is 0 Å². The Morgan fingerprint density at radius 1 is 0.388 bits per heavy atom. The largest absolute Gasteiger partial charge is 0.477 e. The molecule has 9 nitrogen and oxygen atoms in total. The van der Waals surface area contributed by atoms with Crippen LogP contribution in [0.15, 0.2) is 146 Å². The van der Waals surface area contributed by atoms with Crippen molar-refractivity contribution in [2.45, 2.75) is 238 Å². The molecule has 0 aromatic heterocycles. The van der Waals surface area contributed by atoms with Gasteiger partial charge in [-0.05, 0) is 122 Å². The second-order valence-electron chi connectivity index (χ2n) is 21.6. The molecule has 1 N–H and O–H groups in total. The molecule has 9 heteroatoms. The molecule has 0 fully saturated rings. The summed E-state index contributed by atoms with van der Waals surface area (Å²) in [6.45, 7) is 4.70. The number of carbonyl (C=O) groups is 3. The Morgan fingerprint density at radius 2 is 0.713 bits per heavy atom. The van der Waals surface area contributed by atoms with Crippen molar-refractivity contribution < 1.29 is 42.9 Å². The van der Waals surface area contributed by atoms with Crippen LogP contribution >= 0.6 is 0 Å². The van der Waals surface area contributed by atoms with Crippen molar-refractivity contribution in [1.29, 1.82) is 0 Å². The van der Waals surface area contributed by atoms with Gasteiger partial charge in [0.1, 0.15) is 13.2 Å². The van der Waals surface area contributed by atoms with Gasteiger partial charge in [0.05, 0.1) is 34.4 Å². The standard InChI is InChI=1S/C71H115NO8/c1-6-8-10-12-14-16-18-20-22-24-25-26-27-28-29-30-31-32-33-34-35-36-37-38-39-40-41-42-43-44-45-46-48-50-52-54-56-58-60-62-69(74)80-67(66-79-71(70(75)76)77-64-63-72(3,4)5)65-78-68(73)61-59-57-55-53-51-49-47-23-21-19-17-15-13-11-9-7-2/h8,10,14,16-17,19-20,22-23,25-26,28-29,31-32,34-35,37-38,40-41,43-44,47,67,71H,6-7,9,11-13,15,18,21,24,27,30,33,36,39,42,45-46,48-66H2,1-5H3/p+1/b10-8-,16-14-,19-17-,22-20-,26-25-,29-28-,32-31-,35-34-,38-37-,41-40-,44-43-,47-23-. The van der Waals surface area contributed by atoms with Gasteiger partial charge in [-0.25, -0.2) is 4.79 Å². The third-order valence-corrected chi connectivity index (χ3v) is 12.8. The number of nitrogens with zero attached hydrogens (tertiary/aromatic N) is 1. The zero-order valence-corrected chi connectivity index (χ0v) is 51.4. The summed E-state index contributed by atoms with van der Waals surface area (Å²) in [6, 6.07) is 0. The Balaban J connectivity index is 4.21. The average Bonchev–Trinajstić information content (AvgIpc) is 3.43. The first-order valence-corrected chi connectivity index (χ1v) is 31.5. The molecule has 0 radical (unpaired) electrons. The number of hydrogen-bond donors (Lipinski definition) is 1. The number of aliphatic carboxylic acids is 1. The van der Waals surface area contributed by atoms with E-state index in [1.807, 2.05) is 21.1 Å². The highest BCUT2D eigenvalue weighted by molar-refractivity contribution is 5.71. The number of quaternary nitrogens is 1. The molecule has 452 valence electrons. The normalized spacial score (nSPS) is 13.8. The van der Waals surface area contributed by atoms with Crippen LogP contribution in [0.1, 0.15) is 226 Å². The fourth-order valence-corrected chi connectivity index (χ4v) is 8.01. The highest BCUT2D eigenvalue weighted by Crippen LogP contribution is 2.14. The second-order valence-corrected chi connectivity index (χ2v) is 21.6. The van der Waals surface area contributed by atoms with E-state index >= 15 is 0 Å². The highest BCUT2D eigenvalue weighted by atomic mass is 16.7. The number of carbonyl (C=O) groups excluding carboxylic acids is 2. The van der Waals surface area contributed by atoms with Gasteiger partial charge in [0.25, 0.3) is 6.29 Å². The summed E-state index contributed by atoms with van der Waals surface area (Å²) in [7, 11) is 5.95. The number of hydrogen-bond acceptors (Lipinski definition) is 7. The zero-order chi connectivity index (χ0) is 58.3. The maximum Gasteiger partial charge on any atom is 0.361 e. The van der Waals surface area contributed by atoms with Crippen molar-refractivity contribution in [3.05, 3.63) is 146 Å². The van der Waals surface area contributed by atoms with Gasteiger partial charge < -0.3 is 28.5 Å². The second kappa shape index (κ2) is 60.3. The Labute approximate surface area is 490 Å². The highest BCUT2D eigenvalue weighted by Gasteiger charge is 2.25. The van der Waals surface area contributed by atoms with Crippen LogP contribution in [0.25, 0.3) is 0 Å². The zero-order valence-electron chi connectivity index (χ0n) is 51.4. The van der Waals surface area contributed by atoms with Crippen LogP contribution in [0.5, 0.6) is 0 Å². The Morgan fingerprint density at radius 3 is 1.06 bits per heavy atom. The number of rotatable bonds is 56. The molecular weight excluding hydrogens is 995 g/mol. The molecule has 0 aliphatic carbocycles. The number of unbranched alkanes of at least 4 members (excludes halogenated alkanes) is 17.